The Morgan fingerprint density at radius 1 is 1.13 bits per heavy atom. The molecule has 3 aromatic rings. The number of methoxy groups -OCH3 is 2. The second-order valence-corrected chi connectivity index (χ2v) is 7.78. The van der Waals surface area contributed by atoms with Crippen LogP contribution in [-0.2, 0) is 17.6 Å². The van der Waals surface area contributed by atoms with Gasteiger partial charge in [-0.25, -0.2) is 4.98 Å². The number of para-hydroxylation sites is 1. The van der Waals surface area contributed by atoms with E-state index in [4.69, 9.17) is 13.9 Å². The quantitative estimate of drug-likeness (QED) is 0.560. The number of piperidine rings is 1. The number of hydrogen-bond acceptors (Lipinski definition) is 5. The molecule has 1 aliphatic heterocycles. The van der Waals surface area contributed by atoms with Crippen molar-refractivity contribution in [3.8, 4) is 11.5 Å². The Kier molecular flexibility index (Phi) is 6.55. The van der Waals surface area contributed by atoms with Crippen LogP contribution >= 0.6 is 0 Å². The van der Waals surface area contributed by atoms with Crippen LogP contribution in [0.15, 0.2) is 59.1 Å². The molecule has 0 radical (unpaired) electrons. The van der Waals surface area contributed by atoms with Crippen molar-refractivity contribution < 1.29 is 18.7 Å². The van der Waals surface area contributed by atoms with E-state index in [0.29, 0.717) is 25.3 Å². The predicted molar refractivity (Wildman–Crippen MR) is 117 cm³/mol. The van der Waals surface area contributed by atoms with Gasteiger partial charge in [-0.2, -0.15) is 0 Å². The van der Waals surface area contributed by atoms with Crippen molar-refractivity contribution in [2.75, 3.05) is 20.8 Å². The molecular formula is C25H28N2O4. The topological polar surface area (TPSA) is 64.8 Å². The molecule has 162 valence electrons. The van der Waals surface area contributed by atoms with Crippen LogP contribution in [0.5, 0.6) is 11.5 Å². The summed E-state index contributed by atoms with van der Waals surface area (Å²) in [6.07, 6.45) is 5.61. The van der Waals surface area contributed by atoms with E-state index >= 15 is 0 Å². The molecule has 0 spiro atoms. The van der Waals surface area contributed by atoms with Crippen molar-refractivity contribution in [2.45, 2.75) is 38.1 Å². The zero-order valence-corrected chi connectivity index (χ0v) is 18.0. The molecule has 31 heavy (non-hydrogen) atoms. The second-order valence-electron chi connectivity index (χ2n) is 7.78. The SMILES string of the molecule is COc1cccc(Cc2cnc(C3CCCCN3C(=O)Cc3ccccc3OC)o2)c1. The molecule has 1 atom stereocenters. The van der Waals surface area contributed by atoms with Crippen LogP contribution in [0.4, 0.5) is 0 Å². The third-order valence-electron chi connectivity index (χ3n) is 5.73. The molecule has 1 saturated heterocycles. The lowest BCUT2D eigenvalue weighted by Crippen LogP contribution is -2.39. The molecule has 1 unspecified atom stereocenters. The van der Waals surface area contributed by atoms with Crippen molar-refractivity contribution in [1.82, 2.24) is 9.88 Å². The molecular weight excluding hydrogens is 392 g/mol. The first-order valence-corrected chi connectivity index (χ1v) is 10.7. The van der Waals surface area contributed by atoms with Crippen molar-refractivity contribution in [3.05, 3.63) is 77.5 Å². The average molecular weight is 421 g/mol. The number of aromatic nitrogens is 1. The van der Waals surface area contributed by atoms with Crippen molar-refractivity contribution in [2.24, 2.45) is 0 Å². The third-order valence-corrected chi connectivity index (χ3v) is 5.73. The molecule has 1 aromatic heterocycles. The van der Waals surface area contributed by atoms with E-state index in [0.717, 1.165) is 47.6 Å². The normalized spacial score (nSPS) is 16.2. The fourth-order valence-electron chi connectivity index (χ4n) is 4.14. The first-order chi connectivity index (χ1) is 15.2. The van der Waals surface area contributed by atoms with E-state index < -0.39 is 0 Å². The van der Waals surface area contributed by atoms with Crippen LogP contribution in [0.2, 0.25) is 0 Å². The number of amides is 1. The molecule has 6 nitrogen and oxygen atoms in total. The standard InChI is InChI=1S/C25H28N2O4/c1-29-20-10-7-8-18(14-20)15-21-17-26-25(31-21)22-11-5-6-13-27(22)24(28)16-19-9-3-4-12-23(19)30-2/h3-4,7-10,12,14,17,22H,5-6,11,13,15-16H2,1-2H3. The van der Waals surface area contributed by atoms with Gasteiger partial charge in [-0.15, -0.1) is 0 Å². The Morgan fingerprint density at radius 2 is 2.00 bits per heavy atom. The van der Waals surface area contributed by atoms with Gasteiger partial charge in [0.05, 0.1) is 26.8 Å². The van der Waals surface area contributed by atoms with Crippen LogP contribution < -0.4 is 9.47 Å². The van der Waals surface area contributed by atoms with Gasteiger partial charge < -0.3 is 18.8 Å². The number of hydrogen-bond donors (Lipinski definition) is 0. The maximum absolute atomic E-state index is 13.2. The monoisotopic (exact) mass is 420 g/mol. The summed E-state index contributed by atoms with van der Waals surface area (Å²) in [7, 11) is 3.29. The average Bonchev–Trinajstić information content (AvgIpc) is 3.27. The number of benzene rings is 2. The van der Waals surface area contributed by atoms with Crippen molar-refractivity contribution in [1.29, 1.82) is 0 Å². The summed E-state index contributed by atoms with van der Waals surface area (Å²) in [5.74, 6) is 3.03. The maximum atomic E-state index is 13.2. The molecule has 6 heteroatoms. The second kappa shape index (κ2) is 9.69. The van der Waals surface area contributed by atoms with Crippen molar-refractivity contribution in [3.63, 3.8) is 0 Å². The molecule has 1 aliphatic rings. The molecule has 1 amide bonds. The summed E-state index contributed by atoms with van der Waals surface area (Å²) in [6, 6.07) is 15.4. The first kappa shape index (κ1) is 21.0. The summed E-state index contributed by atoms with van der Waals surface area (Å²) < 4.78 is 16.8. The van der Waals surface area contributed by atoms with Gasteiger partial charge in [-0.3, -0.25) is 4.79 Å². The van der Waals surface area contributed by atoms with E-state index in [1.807, 2.05) is 53.4 Å². The van der Waals surface area contributed by atoms with Gasteiger partial charge in [-0.05, 0) is 43.0 Å². The molecule has 1 fully saturated rings. The number of likely N-dealkylation sites (tertiary alicyclic amines) is 1. The molecule has 0 N–H and O–H groups in total. The van der Waals surface area contributed by atoms with Gasteiger partial charge in [0.2, 0.25) is 11.8 Å². The van der Waals surface area contributed by atoms with Gasteiger partial charge in [0.1, 0.15) is 23.3 Å². The highest BCUT2D eigenvalue weighted by molar-refractivity contribution is 5.80. The Labute approximate surface area is 182 Å². The highest BCUT2D eigenvalue weighted by atomic mass is 16.5. The molecule has 0 saturated carbocycles. The lowest BCUT2D eigenvalue weighted by atomic mass is 10.0. The lowest BCUT2D eigenvalue weighted by molar-refractivity contribution is -0.135. The molecule has 4 rings (SSSR count). The largest absolute Gasteiger partial charge is 0.497 e. The Hall–Kier alpha value is -3.28. The van der Waals surface area contributed by atoms with E-state index in [-0.39, 0.29) is 11.9 Å². The predicted octanol–water partition coefficient (Wildman–Crippen LogP) is 4.58. The summed E-state index contributed by atoms with van der Waals surface area (Å²) in [5.41, 5.74) is 1.99. The minimum Gasteiger partial charge on any atom is -0.497 e. The summed E-state index contributed by atoms with van der Waals surface area (Å²) in [5, 5.41) is 0. The van der Waals surface area contributed by atoms with E-state index in [1.54, 1.807) is 20.4 Å². The van der Waals surface area contributed by atoms with E-state index in [9.17, 15) is 4.79 Å². The Morgan fingerprint density at radius 3 is 2.84 bits per heavy atom. The van der Waals surface area contributed by atoms with Crippen LogP contribution in [0, 0.1) is 0 Å². The van der Waals surface area contributed by atoms with Crippen LogP contribution in [0.3, 0.4) is 0 Å². The summed E-state index contributed by atoms with van der Waals surface area (Å²) >= 11 is 0. The van der Waals surface area contributed by atoms with Gasteiger partial charge in [0, 0.05) is 18.5 Å². The summed E-state index contributed by atoms with van der Waals surface area (Å²) in [6.45, 7) is 0.715. The molecule has 2 heterocycles. The fraction of sp³-hybridized carbons (Fsp3) is 0.360. The first-order valence-electron chi connectivity index (χ1n) is 10.7. The molecule has 2 aromatic carbocycles. The third kappa shape index (κ3) is 4.90. The number of ether oxygens (including phenoxy) is 2. The highest BCUT2D eigenvalue weighted by Crippen LogP contribution is 2.32. The fourth-order valence-corrected chi connectivity index (χ4v) is 4.14. The Bertz CT molecular complexity index is 1030. The lowest BCUT2D eigenvalue weighted by Gasteiger charge is -2.34. The zero-order chi connectivity index (χ0) is 21.6. The van der Waals surface area contributed by atoms with Crippen LogP contribution in [-0.4, -0.2) is 36.6 Å². The molecule has 0 bridgehead atoms. The number of nitrogens with zero attached hydrogens (tertiary/aromatic N) is 2. The number of rotatable bonds is 7. The van der Waals surface area contributed by atoms with E-state index in [2.05, 4.69) is 4.98 Å². The minimum absolute atomic E-state index is 0.0711. The Balaban J connectivity index is 1.49. The number of oxazole rings is 1. The van der Waals surface area contributed by atoms with Gasteiger partial charge in [0.15, 0.2) is 0 Å². The summed E-state index contributed by atoms with van der Waals surface area (Å²) in [4.78, 5) is 19.6. The maximum Gasteiger partial charge on any atom is 0.227 e. The van der Waals surface area contributed by atoms with Gasteiger partial charge >= 0.3 is 0 Å². The highest BCUT2D eigenvalue weighted by Gasteiger charge is 2.31. The molecule has 0 aliphatic carbocycles. The number of carbonyl (C=O) groups is 1. The smallest absolute Gasteiger partial charge is 0.227 e. The van der Waals surface area contributed by atoms with Crippen molar-refractivity contribution >= 4 is 5.91 Å². The van der Waals surface area contributed by atoms with E-state index in [1.165, 1.54) is 0 Å². The van der Waals surface area contributed by atoms with Crippen LogP contribution in [0.25, 0.3) is 0 Å². The number of carbonyl (C=O) groups excluding carboxylic acids is 1. The minimum atomic E-state index is -0.130. The van der Waals surface area contributed by atoms with Crippen LogP contribution in [0.1, 0.15) is 48.1 Å². The zero-order valence-electron chi connectivity index (χ0n) is 18.0. The van der Waals surface area contributed by atoms with Gasteiger partial charge in [-0.1, -0.05) is 30.3 Å². The van der Waals surface area contributed by atoms with Gasteiger partial charge in [0.25, 0.3) is 0 Å².